The lowest BCUT2D eigenvalue weighted by atomic mass is 10.1. The van der Waals surface area contributed by atoms with Crippen LogP contribution in [0.5, 0.6) is 5.75 Å². The van der Waals surface area contributed by atoms with Crippen molar-refractivity contribution < 1.29 is 14.5 Å². The average Bonchev–Trinajstić information content (AvgIpc) is 2.71. The Balaban J connectivity index is 2.10. The van der Waals surface area contributed by atoms with Gasteiger partial charge < -0.3 is 15.0 Å². The van der Waals surface area contributed by atoms with Gasteiger partial charge in [0.05, 0.1) is 29.8 Å². The first-order chi connectivity index (χ1) is 13.8. The van der Waals surface area contributed by atoms with Crippen LogP contribution in [-0.2, 0) is 11.3 Å². The SMILES string of the molecule is CCN(Cc1ccc(N(C)C)cc1)[C@@H](C)C(=O)Nc1ccc([N+](=O)[O-])cc1OC. The van der Waals surface area contributed by atoms with E-state index in [1.165, 1.54) is 25.3 Å². The topological polar surface area (TPSA) is 88.0 Å². The Hall–Kier alpha value is -3.13. The number of carbonyl (C=O) groups excluding carboxylic acids is 1. The first kappa shape index (κ1) is 22.2. The molecule has 29 heavy (non-hydrogen) atoms. The highest BCUT2D eigenvalue weighted by Crippen LogP contribution is 2.29. The zero-order valence-corrected chi connectivity index (χ0v) is 17.5. The zero-order valence-electron chi connectivity index (χ0n) is 17.5. The first-order valence-corrected chi connectivity index (χ1v) is 9.40. The number of non-ortho nitro benzene ring substituents is 1. The van der Waals surface area contributed by atoms with Crippen LogP contribution in [-0.4, -0.2) is 49.5 Å². The molecule has 2 aromatic rings. The lowest BCUT2D eigenvalue weighted by Crippen LogP contribution is -2.41. The summed E-state index contributed by atoms with van der Waals surface area (Å²) in [6, 6.07) is 11.9. The quantitative estimate of drug-likeness (QED) is 0.512. The maximum atomic E-state index is 12.8. The summed E-state index contributed by atoms with van der Waals surface area (Å²) in [5.41, 5.74) is 2.54. The Morgan fingerprint density at radius 3 is 2.38 bits per heavy atom. The highest BCUT2D eigenvalue weighted by Gasteiger charge is 2.22. The van der Waals surface area contributed by atoms with Crippen molar-refractivity contribution in [2.75, 3.05) is 38.0 Å². The van der Waals surface area contributed by atoms with Gasteiger partial charge in [0.1, 0.15) is 5.75 Å². The normalized spacial score (nSPS) is 11.8. The summed E-state index contributed by atoms with van der Waals surface area (Å²) in [5.74, 6) is 0.0472. The second-order valence-corrected chi connectivity index (χ2v) is 6.93. The fraction of sp³-hybridized carbons (Fsp3) is 0.381. The average molecular weight is 400 g/mol. The summed E-state index contributed by atoms with van der Waals surface area (Å²) in [4.78, 5) is 27.3. The maximum absolute atomic E-state index is 12.8. The molecule has 0 heterocycles. The highest BCUT2D eigenvalue weighted by atomic mass is 16.6. The molecular weight excluding hydrogens is 372 g/mol. The predicted octanol–water partition coefficient (Wildman–Crippen LogP) is 3.52. The zero-order chi connectivity index (χ0) is 21.6. The Morgan fingerprint density at radius 2 is 1.86 bits per heavy atom. The van der Waals surface area contributed by atoms with Gasteiger partial charge in [-0.25, -0.2) is 0 Å². The Labute approximate surface area is 171 Å². The molecule has 1 atom stereocenters. The van der Waals surface area contributed by atoms with E-state index in [2.05, 4.69) is 34.5 Å². The summed E-state index contributed by atoms with van der Waals surface area (Å²) < 4.78 is 5.19. The van der Waals surface area contributed by atoms with E-state index in [1.54, 1.807) is 0 Å². The summed E-state index contributed by atoms with van der Waals surface area (Å²) >= 11 is 0. The number of ether oxygens (including phenoxy) is 1. The number of benzene rings is 2. The van der Waals surface area contributed by atoms with Gasteiger partial charge in [-0.3, -0.25) is 19.8 Å². The Bertz CT molecular complexity index is 852. The molecular formula is C21H28N4O4. The Morgan fingerprint density at radius 1 is 1.21 bits per heavy atom. The van der Waals surface area contributed by atoms with Gasteiger partial charge in [0, 0.05) is 32.4 Å². The van der Waals surface area contributed by atoms with Crippen molar-refractivity contribution >= 4 is 23.0 Å². The molecule has 8 heteroatoms. The molecule has 1 N–H and O–H groups in total. The van der Waals surface area contributed by atoms with E-state index in [4.69, 9.17) is 4.74 Å². The molecule has 0 radical (unpaired) electrons. The maximum Gasteiger partial charge on any atom is 0.273 e. The minimum Gasteiger partial charge on any atom is -0.494 e. The minimum absolute atomic E-state index is 0.0933. The predicted molar refractivity (Wildman–Crippen MR) is 115 cm³/mol. The van der Waals surface area contributed by atoms with Gasteiger partial charge in [-0.1, -0.05) is 19.1 Å². The first-order valence-electron chi connectivity index (χ1n) is 9.40. The van der Waals surface area contributed by atoms with Crippen LogP contribution < -0.4 is 15.0 Å². The fourth-order valence-corrected chi connectivity index (χ4v) is 2.96. The number of rotatable bonds is 9. The third kappa shape index (κ3) is 5.68. The molecule has 0 bridgehead atoms. The van der Waals surface area contributed by atoms with Crippen molar-refractivity contribution in [3.05, 3.63) is 58.1 Å². The van der Waals surface area contributed by atoms with Crippen molar-refractivity contribution in [3.8, 4) is 5.75 Å². The van der Waals surface area contributed by atoms with Gasteiger partial charge in [-0.05, 0) is 37.2 Å². The van der Waals surface area contributed by atoms with Crippen LogP contribution >= 0.6 is 0 Å². The van der Waals surface area contributed by atoms with E-state index >= 15 is 0 Å². The fourth-order valence-electron chi connectivity index (χ4n) is 2.96. The molecule has 2 rings (SSSR count). The number of carbonyl (C=O) groups is 1. The van der Waals surface area contributed by atoms with Crippen molar-refractivity contribution in [1.29, 1.82) is 0 Å². The smallest absolute Gasteiger partial charge is 0.273 e. The second kappa shape index (κ2) is 9.88. The number of nitrogens with zero attached hydrogens (tertiary/aromatic N) is 3. The summed E-state index contributed by atoms with van der Waals surface area (Å²) in [5, 5.41) is 13.7. The highest BCUT2D eigenvalue weighted by molar-refractivity contribution is 5.96. The van der Waals surface area contributed by atoms with Crippen LogP contribution in [0.2, 0.25) is 0 Å². The molecule has 0 spiro atoms. The molecule has 0 aliphatic rings. The van der Waals surface area contributed by atoms with Gasteiger partial charge in [-0.15, -0.1) is 0 Å². The van der Waals surface area contributed by atoms with Gasteiger partial charge in [-0.2, -0.15) is 0 Å². The Kier molecular flexibility index (Phi) is 7.55. The van der Waals surface area contributed by atoms with Crippen molar-refractivity contribution in [2.24, 2.45) is 0 Å². The third-order valence-corrected chi connectivity index (χ3v) is 4.83. The molecule has 0 aliphatic heterocycles. The van der Waals surface area contributed by atoms with Crippen LogP contribution in [0.15, 0.2) is 42.5 Å². The van der Waals surface area contributed by atoms with E-state index < -0.39 is 11.0 Å². The van der Waals surface area contributed by atoms with Crippen LogP contribution in [0.3, 0.4) is 0 Å². The molecule has 0 saturated carbocycles. The minimum atomic E-state index is -0.503. The van der Waals surface area contributed by atoms with Crippen LogP contribution in [0.25, 0.3) is 0 Å². The number of amides is 1. The van der Waals surface area contributed by atoms with E-state index in [9.17, 15) is 14.9 Å². The summed E-state index contributed by atoms with van der Waals surface area (Å²) in [6.07, 6.45) is 0. The van der Waals surface area contributed by atoms with Crippen molar-refractivity contribution in [2.45, 2.75) is 26.4 Å². The number of anilines is 2. The molecule has 156 valence electrons. The van der Waals surface area contributed by atoms with Crippen LogP contribution in [0.1, 0.15) is 19.4 Å². The number of hydrogen-bond acceptors (Lipinski definition) is 6. The lowest BCUT2D eigenvalue weighted by Gasteiger charge is -2.27. The number of nitro groups is 1. The molecule has 1 amide bonds. The molecule has 0 saturated heterocycles. The monoisotopic (exact) mass is 400 g/mol. The van der Waals surface area contributed by atoms with Gasteiger partial charge in [0.15, 0.2) is 0 Å². The van der Waals surface area contributed by atoms with E-state index in [-0.39, 0.29) is 17.3 Å². The number of nitro benzene ring substituents is 1. The van der Waals surface area contributed by atoms with Gasteiger partial charge in [0.25, 0.3) is 5.69 Å². The standard InChI is InChI=1S/C21H28N4O4/c1-6-24(14-16-7-9-17(10-8-16)23(3)4)15(2)21(26)22-19-12-11-18(25(27)28)13-20(19)29-5/h7-13,15H,6,14H2,1-5H3,(H,22,26)/t15-/m0/s1. The van der Waals surface area contributed by atoms with Crippen LogP contribution in [0.4, 0.5) is 17.1 Å². The lowest BCUT2D eigenvalue weighted by molar-refractivity contribution is -0.384. The van der Waals surface area contributed by atoms with E-state index in [1.807, 2.05) is 32.8 Å². The van der Waals surface area contributed by atoms with Gasteiger partial charge in [0.2, 0.25) is 5.91 Å². The number of hydrogen-bond donors (Lipinski definition) is 1. The second-order valence-electron chi connectivity index (χ2n) is 6.93. The van der Waals surface area contributed by atoms with E-state index in [0.717, 1.165) is 11.3 Å². The van der Waals surface area contributed by atoms with Crippen molar-refractivity contribution in [1.82, 2.24) is 4.90 Å². The molecule has 2 aromatic carbocycles. The van der Waals surface area contributed by atoms with Crippen molar-refractivity contribution in [3.63, 3.8) is 0 Å². The van der Waals surface area contributed by atoms with Crippen LogP contribution in [0, 0.1) is 10.1 Å². The largest absolute Gasteiger partial charge is 0.494 e. The molecule has 0 unspecified atom stereocenters. The molecule has 0 aliphatic carbocycles. The number of nitrogens with one attached hydrogen (secondary N) is 1. The molecule has 8 nitrogen and oxygen atoms in total. The van der Waals surface area contributed by atoms with E-state index in [0.29, 0.717) is 18.8 Å². The summed E-state index contributed by atoms with van der Waals surface area (Å²) in [7, 11) is 5.40. The molecule has 0 fully saturated rings. The number of likely N-dealkylation sites (N-methyl/N-ethyl adjacent to an activating group) is 1. The summed E-state index contributed by atoms with van der Waals surface area (Å²) in [6.45, 7) is 5.17. The van der Waals surface area contributed by atoms with Gasteiger partial charge >= 0.3 is 0 Å². The number of methoxy groups -OCH3 is 1. The molecule has 0 aromatic heterocycles. The third-order valence-electron chi connectivity index (χ3n) is 4.83.